The number of carbonyl (C=O) groups is 1. The molecule has 0 spiro atoms. The van der Waals surface area contributed by atoms with E-state index in [1.165, 1.54) is 21.8 Å². The highest BCUT2D eigenvalue weighted by atomic mass is 35.5. The van der Waals surface area contributed by atoms with Crippen LogP contribution in [0.5, 0.6) is 0 Å². The zero-order chi connectivity index (χ0) is 18.0. The molecule has 0 atom stereocenters. The van der Waals surface area contributed by atoms with E-state index in [-0.39, 0.29) is 5.91 Å². The van der Waals surface area contributed by atoms with Gasteiger partial charge in [-0.05, 0) is 36.8 Å². The fourth-order valence-electron chi connectivity index (χ4n) is 2.57. The first-order valence-corrected chi connectivity index (χ1v) is 10.2. The molecular formula is C18H21ClN3OS2+. The Morgan fingerprint density at radius 1 is 1.24 bits per heavy atom. The van der Waals surface area contributed by atoms with E-state index in [2.05, 4.69) is 27.1 Å². The lowest BCUT2D eigenvalue weighted by molar-refractivity contribution is -0.858. The molecule has 0 unspecified atom stereocenters. The van der Waals surface area contributed by atoms with Gasteiger partial charge in [0.05, 0.1) is 40.1 Å². The number of hydrogen-bond acceptors (Lipinski definition) is 4. The summed E-state index contributed by atoms with van der Waals surface area (Å²) in [7, 11) is 4.23. The third-order valence-corrected chi connectivity index (χ3v) is 6.11. The Labute approximate surface area is 160 Å². The Morgan fingerprint density at radius 2 is 2.04 bits per heavy atom. The Kier molecular flexibility index (Phi) is 5.74. The van der Waals surface area contributed by atoms with Crippen LogP contribution < -0.4 is 9.80 Å². The van der Waals surface area contributed by atoms with Crippen LogP contribution in [-0.4, -0.2) is 38.1 Å². The van der Waals surface area contributed by atoms with Crippen LogP contribution in [0.3, 0.4) is 0 Å². The molecule has 1 amide bonds. The molecule has 0 fully saturated rings. The number of thiazole rings is 1. The van der Waals surface area contributed by atoms with Gasteiger partial charge in [-0.15, -0.1) is 11.3 Å². The number of halogens is 1. The van der Waals surface area contributed by atoms with Crippen LogP contribution in [0.15, 0.2) is 30.3 Å². The van der Waals surface area contributed by atoms with E-state index in [1.54, 1.807) is 28.4 Å². The number of amides is 1. The molecular weight excluding hydrogens is 374 g/mol. The van der Waals surface area contributed by atoms with Crippen LogP contribution >= 0.6 is 34.3 Å². The summed E-state index contributed by atoms with van der Waals surface area (Å²) < 4.78 is 1.73. The van der Waals surface area contributed by atoms with Crippen LogP contribution in [-0.2, 0) is 0 Å². The molecule has 0 aliphatic carbocycles. The fraction of sp³-hybridized carbons (Fsp3) is 0.333. The number of quaternary nitrogens is 1. The first kappa shape index (κ1) is 18.3. The van der Waals surface area contributed by atoms with Gasteiger partial charge in [-0.2, -0.15) is 0 Å². The van der Waals surface area contributed by atoms with Gasteiger partial charge >= 0.3 is 0 Å². The van der Waals surface area contributed by atoms with Gasteiger partial charge in [0.15, 0.2) is 5.13 Å². The lowest BCUT2D eigenvalue weighted by Crippen LogP contribution is -3.05. The lowest BCUT2D eigenvalue weighted by Gasteiger charge is -2.19. The average Bonchev–Trinajstić information content (AvgIpc) is 3.16. The largest absolute Gasteiger partial charge is 0.340 e. The molecule has 132 valence electrons. The van der Waals surface area contributed by atoms with Gasteiger partial charge in [-0.25, -0.2) is 4.98 Å². The van der Waals surface area contributed by atoms with Crippen molar-refractivity contribution < 1.29 is 9.69 Å². The molecule has 2 heterocycles. The highest BCUT2D eigenvalue weighted by Gasteiger charge is 2.22. The molecule has 2 aromatic heterocycles. The summed E-state index contributed by atoms with van der Waals surface area (Å²) in [6, 6.07) is 9.73. The first-order valence-electron chi connectivity index (χ1n) is 8.17. The summed E-state index contributed by atoms with van der Waals surface area (Å²) in [5, 5.41) is 0.754. The maximum absolute atomic E-state index is 13.0. The number of aromatic nitrogens is 1. The number of anilines is 1. The molecule has 0 saturated heterocycles. The van der Waals surface area contributed by atoms with E-state index in [1.807, 2.05) is 12.1 Å². The number of hydrogen-bond donors (Lipinski definition) is 1. The Morgan fingerprint density at radius 3 is 2.72 bits per heavy atom. The topological polar surface area (TPSA) is 37.6 Å². The SMILES string of the molecule is Cc1ccc2nc(N(CCC[NH+](C)C)C(=O)c3ccc(Cl)s3)sc2c1. The molecule has 7 heteroatoms. The van der Waals surface area contributed by atoms with Gasteiger partial charge in [0.2, 0.25) is 0 Å². The third-order valence-electron chi connectivity index (χ3n) is 3.85. The number of nitrogens with one attached hydrogen (secondary N) is 1. The highest BCUT2D eigenvalue weighted by Crippen LogP contribution is 2.32. The van der Waals surface area contributed by atoms with E-state index < -0.39 is 0 Å². The molecule has 0 radical (unpaired) electrons. The van der Waals surface area contributed by atoms with Crippen molar-refractivity contribution in [2.45, 2.75) is 13.3 Å². The predicted octanol–water partition coefficient (Wildman–Crippen LogP) is 3.50. The van der Waals surface area contributed by atoms with Crippen molar-refractivity contribution in [1.82, 2.24) is 4.98 Å². The lowest BCUT2D eigenvalue weighted by atomic mass is 10.2. The number of benzene rings is 1. The summed E-state index contributed by atoms with van der Waals surface area (Å²) >= 11 is 8.89. The van der Waals surface area contributed by atoms with Crippen molar-refractivity contribution in [3.05, 3.63) is 45.1 Å². The van der Waals surface area contributed by atoms with E-state index in [0.717, 1.165) is 28.3 Å². The molecule has 3 rings (SSSR count). The molecule has 0 aliphatic rings. The number of fused-ring (bicyclic) bond motifs is 1. The third kappa shape index (κ3) is 4.39. The first-order chi connectivity index (χ1) is 11.9. The zero-order valence-electron chi connectivity index (χ0n) is 14.5. The Bertz CT molecular complexity index is 887. The monoisotopic (exact) mass is 394 g/mol. The van der Waals surface area contributed by atoms with E-state index >= 15 is 0 Å². The molecule has 1 N–H and O–H groups in total. The van der Waals surface area contributed by atoms with Crippen molar-refractivity contribution in [2.24, 2.45) is 0 Å². The minimum atomic E-state index is -0.0264. The second-order valence-corrected chi connectivity index (χ2v) is 9.06. The normalized spacial score (nSPS) is 11.4. The van der Waals surface area contributed by atoms with E-state index in [0.29, 0.717) is 15.8 Å². The minimum Gasteiger partial charge on any atom is -0.340 e. The van der Waals surface area contributed by atoms with Crippen molar-refractivity contribution in [1.29, 1.82) is 0 Å². The Balaban J connectivity index is 1.92. The summed E-state index contributed by atoms with van der Waals surface area (Å²) in [4.78, 5) is 21.5. The molecule has 0 saturated carbocycles. The summed E-state index contributed by atoms with van der Waals surface area (Å²) in [6.07, 6.45) is 0.919. The average molecular weight is 395 g/mol. The van der Waals surface area contributed by atoms with Crippen LogP contribution in [0.1, 0.15) is 21.7 Å². The predicted molar refractivity (Wildman–Crippen MR) is 108 cm³/mol. The summed E-state index contributed by atoms with van der Waals surface area (Å²) in [5.74, 6) is -0.0264. The minimum absolute atomic E-state index is 0.0264. The van der Waals surface area contributed by atoms with Gasteiger partial charge < -0.3 is 4.90 Å². The number of rotatable bonds is 6. The van der Waals surface area contributed by atoms with Crippen molar-refractivity contribution >= 4 is 55.5 Å². The van der Waals surface area contributed by atoms with Crippen LogP contribution in [0, 0.1) is 6.92 Å². The standard InChI is InChI=1S/C18H20ClN3OS2/c1-12-5-6-13-15(11-12)25-18(20-13)22(10-4-9-21(2)3)17(23)14-7-8-16(19)24-14/h5-8,11H,4,9-10H2,1-3H3/p+1. The second kappa shape index (κ2) is 7.83. The molecule has 4 nitrogen and oxygen atoms in total. The van der Waals surface area contributed by atoms with Gasteiger partial charge in [0, 0.05) is 13.0 Å². The molecule has 1 aromatic carbocycles. The van der Waals surface area contributed by atoms with Crippen LogP contribution in [0.2, 0.25) is 4.34 Å². The van der Waals surface area contributed by atoms with Crippen molar-refractivity contribution in [2.75, 3.05) is 32.1 Å². The van der Waals surface area contributed by atoms with Gasteiger partial charge in [-0.1, -0.05) is 29.0 Å². The number of aryl methyl sites for hydroxylation is 1. The zero-order valence-corrected chi connectivity index (χ0v) is 16.9. The van der Waals surface area contributed by atoms with Crippen LogP contribution in [0.25, 0.3) is 10.2 Å². The highest BCUT2D eigenvalue weighted by molar-refractivity contribution is 7.22. The van der Waals surface area contributed by atoms with Gasteiger partial charge in [0.25, 0.3) is 5.91 Å². The summed E-state index contributed by atoms with van der Waals surface area (Å²) in [5.41, 5.74) is 2.13. The second-order valence-electron chi connectivity index (χ2n) is 6.34. The molecule has 25 heavy (non-hydrogen) atoms. The number of nitrogens with zero attached hydrogens (tertiary/aromatic N) is 2. The van der Waals surface area contributed by atoms with Crippen LogP contribution in [0.4, 0.5) is 5.13 Å². The number of thiophene rings is 1. The van der Waals surface area contributed by atoms with Gasteiger partial charge in [0.1, 0.15) is 0 Å². The quantitative estimate of drug-likeness (QED) is 0.694. The Hall–Kier alpha value is -1.47. The van der Waals surface area contributed by atoms with E-state index in [9.17, 15) is 4.79 Å². The number of carbonyl (C=O) groups excluding carboxylic acids is 1. The maximum atomic E-state index is 13.0. The molecule has 0 bridgehead atoms. The smallest absolute Gasteiger partial charge is 0.270 e. The maximum Gasteiger partial charge on any atom is 0.270 e. The molecule has 0 aliphatic heterocycles. The van der Waals surface area contributed by atoms with Crippen molar-refractivity contribution in [3.63, 3.8) is 0 Å². The fourth-order valence-corrected chi connectivity index (χ4v) is 4.65. The van der Waals surface area contributed by atoms with E-state index in [4.69, 9.17) is 16.6 Å². The van der Waals surface area contributed by atoms with Crippen molar-refractivity contribution in [3.8, 4) is 0 Å². The van der Waals surface area contributed by atoms with Gasteiger partial charge in [-0.3, -0.25) is 9.69 Å². The summed E-state index contributed by atoms with van der Waals surface area (Å²) in [6.45, 7) is 3.71. The molecule has 3 aromatic rings.